The van der Waals surface area contributed by atoms with Gasteiger partial charge >= 0.3 is 0 Å². The van der Waals surface area contributed by atoms with E-state index in [0.717, 1.165) is 35.3 Å². The van der Waals surface area contributed by atoms with E-state index in [9.17, 15) is 9.59 Å². The number of para-hydroxylation sites is 1. The van der Waals surface area contributed by atoms with Crippen molar-refractivity contribution in [3.8, 4) is 11.3 Å². The second-order valence-corrected chi connectivity index (χ2v) is 8.19. The van der Waals surface area contributed by atoms with E-state index in [1.165, 1.54) is 6.20 Å². The normalized spacial score (nSPS) is 16.2. The van der Waals surface area contributed by atoms with E-state index in [0.29, 0.717) is 17.9 Å². The van der Waals surface area contributed by atoms with Crippen molar-refractivity contribution < 1.29 is 13.7 Å². The fourth-order valence-corrected chi connectivity index (χ4v) is 4.06. The van der Waals surface area contributed by atoms with Crippen molar-refractivity contribution in [1.29, 1.82) is 0 Å². The van der Waals surface area contributed by atoms with E-state index in [1.807, 2.05) is 43.8 Å². The molecule has 0 saturated heterocycles. The number of hydrogen-bond acceptors (Lipinski definition) is 6. The first kappa shape index (κ1) is 16.8. The molecular weight excluding hydrogens is 406 g/mol. The third kappa shape index (κ3) is 3.55. The monoisotopic (exact) mass is 434 g/mol. The van der Waals surface area contributed by atoms with Gasteiger partial charge in [0.1, 0.15) is 5.82 Å². The van der Waals surface area contributed by atoms with Crippen LogP contribution in [0.1, 0.15) is 32.9 Å². The number of nitrogens with one attached hydrogen (secondary N) is 3. The Hall–Kier alpha value is -3.88. The standard InChI is InChI=1S/C23H25N7O2/c1-24-23(32)16-10-25-19(27-22(31)13-7-8-13)9-18(16)26-17-6-4-5-15-20-14(12-30(3)28-20)11-29(2)21(15)17/h4-6,9-10,12-13H,7-8,11H2,1-3H3,(H,24,32)(H2,25,26,27,31)/i1D3. The van der Waals surface area contributed by atoms with Gasteiger partial charge in [-0.25, -0.2) is 4.98 Å². The molecule has 32 heavy (non-hydrogen) atoms. The number of aromatic nitrogens is 3. The summed E-state index contributed by atoms with van der Waals surface area (Å²) in [5.74, 6) is -0.665. The average Bonchev–Trinajstić information content (AvgIpc) is 3.55. The molecular formula is C23H25N7O2. The second-order valence-electron chi connectivity index (χ2n) is 8.19. The van der Waals surface area contributed by atoms with E-state index in [4.69, 9.17) is 4.11 Å². The molecule has 9 nitrogen and oxygen atoms in total. The molecule has 0 radical (unpaired) electrons. The van der Waals surface area contributed by atoms with Gasteiger partial charge in [-0.1, -0.05) is 12.1 Å². The molecule has 9 heteroatoms. The third-order valence-electron chi connectivity index (χ3n) is 5.72. The van der Waals surface area contributed by atoms with Crippen molar-refractivity contribution in [3.05, 3.63) is 47.8 Å². The van der Waals surface area contributed by atoms with E-state index >= 15 is 0 Å². The minimum absolute atomic E-state index is 0.0193. The van der Waals surface area contributed by atoms with Crippen LogP contribution in [-0.4, -0.2) is 40.6 Å². The number of benzene rings is 1. The summed E-state index contributed by atoms with van der Waals surface area (Å²) in [5, 5.41) is 12.7. The Labute approximate surface area is 190 Å². The number of nitrogens with zero attached hydrogens (tertiary/aromatic N) is 4. The molecule has 0 unspecified atom stereocenters. The zero-order valence-electron chi connectivity index (χ0n) is 20.8. The van der Waals surface area contributed by atoms with Crippen molar-refractivity contribution in [1.82, 2.24) is 20.1 Å². The molecule has 3 aromatic rings. The van der Waals surface area contributed by atoms with Crippen LogP contribution in [0.15, 0.2) is 36.7 Å². The zero-order valence-corrected chi connectivity index (χ0v) is 17.8. The summed E-state index contributed by atoms with van der Waals surface area (Å²) < 4.78 is 24.0. The number of fused-ring (bicyclic) bond motifs is 3. The van der Waals surface area contributed by atoms with Crippen LogP contribution < -0.4 is 20.9 Å². The molecule has 2 amide bonds. The molecule has 0 bridgehead atoms. The Balaban J connectivity index is 1.54. The third-order valence-corrected chi connectivity index (χ3v) is 5.72. The van der Waals surface area contributed by atoms with E-state index in [1.54, 1.807) is 10.7 Å². The Morgan fingerprint density at radius 3 is 2.84 bits per heavy atom. The minimum atomic E-state index is -2.66. The lowest BCUT2D eigenvalue weighted by Crippen LogP contribution is -2.23. The van der Waals surface area contributed by atoms with Crippen LogP contribution in [0.3, 0.4) is 0 Å². The van der Waals surface area contributed by atoms with Crippen molar-refractivity contribution in [3.63, 3.8) is 0 Å². The molecule has 0 atom stereocenters. The van der Waals surface area contributed by atoms with Gasteiger partial charge in [-0.15, -0.1) is 0 Å². The van der Waals surface area contributed by atoms with Crippen molar-refractivity contribution in [2.24, 2.45) is 13.0 Å². The quantitative estimate of drug-likeness (QED) is 0.570. The molecule has 2 aliphatic rings. The lowest BCUT2D eigenvalue weighted by molar-refractivity contribution is -0.117. The molecule has 2 aromatic heterocycles. The van der Waals surface area contributed by atoms with Gasteiger partial charge in [-0.05, 0) is 18.9 Å². The fraction of sp³-hybridized carbons (Fsp3) is 0.304. The lowest BCUT2D eigenvalue weighted by Gasteiger charge is -2.29. The van der Waals surface area contributed by atoms with Crippen LogP contribution >= 0.6 is 0 Å². The molecule has 1 aliphatic heterocycles. The van der Waals surface area contributed by atoms with Gasteiger partial charge in [-0.3, -0.25) is 14.3 Å². The highest BCUT2D eigenvalue weighted by atomic mass is 16.2. The number of carbonyl (C=O) groups is 2. The summed E-state index contributed by atoms with van der Waals surface area (Å²) in [6.45, 7) is -2.00. The molecule has 1 fully saturated rings. The van der Waals surface area contributed by atoms with Gasteiger partial charge in [0.25, 0.3) is 5.91 Å². The average molecular weight is 435 g/mol. The number of carbonyl (C=O) groups excluding carboxylic acids is 2. The summed E-state index contributed by atoms with van der Waals surface area (Å²) in [4.78, 5) is 31.3. The molecule has 1 aromatic carbocycles. The highest BCUT2D eigenvalue weighted by Crippen LogP contribution is 2.43. The summed E-state index contributed by atoms with van der Waals surface area (Å²) in [7, 11) is 3.85. The predicted octanol–water partition coefficient (Wildman–Crippen LogP) is 2.88. The second kappa shape index (κ2) is 7.67. The van der Waals surface area contributed by atoms with Gasteiger partial charge in [0.2, 0.25) is 5.91 Å². The summed E-state index contributed by atoms with van der Waals surface area (Å²) in [6.07, 6.45) is 4.94. The van der Waals surface area contributed by atoms with E-state index in [-0.39, 0.29) is 23.2 Å². The zero-order chi connectivity index (χ0) is 24.9. The molecule has 164 valence electrons. The number of pyridine rings is 1. The van der Waals surface area contributed by atoms with Gasteiger partial charge in [-0.2, -0.15) is 5.10 Å². The van der Waals surface area contributed by atoms with Crippen molar-refractivity contribution in [2.75, 3.05) is 29.6 Å². The van der Waals surface area contributed by atoms with E-state index in [2.05, 4.69) is 25.6 Å². The Kier molecular flexibility index (Phi) is 4.02. The van der Waals surface area contributed by atoms with Crippen LogP contribution in [0.25, 0.3) is 11.3 Å². The highest BCUT2D eigenvalue weighted by molar-refractivity contribution is 6.02. The molecule has 1 aliphatic carbocycles. The Morgan fingerprint density at radius 2 is 2.06 bits per heavy atom. The first-order chi connectivity index (χ1) is 16.6. The van der Waals surface area contributed by atoms with Crippen LogP contribution in [0.2, 0.25) is 0 Å². The van der Waals surface area contributed by atoms with Crippen LogP contribution in [0, 0.1) is 5.92 Å². The van der Waals surface area contributed by atoms with Gasteiger partial charge in [0.15, 0.2) is 0 Å². The molecule has 5 rings (SSSR count). The SMILES string of the molecule is [2H]C([2H])([2H])NC(=O)c1cnc(NC(=O)C2CC2)cc1Nc1cccc2c1N(C)Cc1cn(C)nc1-2. The highest BCUT2D eigenvalue weighted by Gasteiger charge is 2.30. The summed E-state index contributed by atoms with van der Waals surface area (Å²) >= 11 is 0. The topological polar surface area (TPSA) is 104 Å². The number of amides is 2. The van der Waals surface area contributed by atoms with Gasteiger partial charge in [0, 0.05) is 67.2 Å². The van der Waals surface area contributed by atoms with Crippen molar-refractivity contribution >= 4 is 34.7 Å². The van der Waals surface area contributed by atoms with Crippen molar-refractivity contribution in [2.45, 2.75) is 19.4 Å². The fourth-order valence-electron chi connectivity index (χ4n) is 4.06. The number of anilines is 4. The molecule has 0 spiro atoms. The minimum Gasteiger partial charge on any atom is -0.368 e. The van der Waals surface area contributed by atoms with Crippen LogP contribution in [0.4, 0.5) is 22.9 Å². The molecule has 3 heterocycles. The largest absolute Gasteiger partial charge is 0.368 e. The van der Waals surface area contributed by atoms with Gasteiger partial charge in [0.05, 0.1) is 28.3 Å². The Bertz CT molecular complexity index is 1330. The summed E-state index contributed by atoms with van der Waals surface area (Å²) in [5.41, 5.74) is 4.88. The maximum atomic E-state index is 12.8. The number of aryl methyl sites for hydroxylation is 1. The smallest absolute Gasteiger partial charge is 0.254 e. The van der Waals surface area contributed by atoms with Crippen LogP contribution in [0.5, 0.6) is 0 Å². The summed E-state index contributed by atoms with van der Waals surface area (Å²) in [6, 6.07) is 7.29. The molecule has 3 N–H and O–H groups in total. The molecule has 1 saturated carbocycles. The number of rotatable bonds is 5. The number of hydrogen-bond donors (Lipinski definition) is 3. The predicted molar refractivity (Wildman–Crippen MR) is 123 cm³/mol. The van der Waals surface area contributed by atoms with E-state index < -0.39 is 12.9 Å². The first-order valence-electron chi connectivity index (χ1n) is 11.9. The van der Waals surface area contributed by atoms with Crippen LogP contribution in [-0.2, 0) is 18.4 Å². The van der Waals surface area contributed by atoms with Gasteiger partial charge < -0.3 is 20.9 Å². The maximum absolute atomic E-state index is 12.8. The Morgan fingerprint density at radius 1 is 1.22 bits per heavy atom. The maximum Gasteiger partial charge on any atom is 0.254 e. The first-order valence-corrected chi connectivity index (χ1v) is 10.4. The lowest BCUT2D eigenvalue weighted by atomic mass is 9.99.